The lowest BCUT2D eigenvalue weighted by atomic mass is 9.97. The van der Waals surface area contributed by atoms with Crippen molar-refractivity contribution in [2.24, 2.45) is 11.7 Å². The van der Waals surface area contributed by atoms with E-state index in [0.717, 1.165) is 6.54 Å². The number of piperidine rings is 1. The van der Waals surface area contributed by atoms with Gasteiger partial charge in [-0.2, -0.15) is 13.2 Å². The summed E-state index contributed by atoms with van der Waals surface area (Å²) in [6.07, 6.45) is -3.14. The second-order valence-electron chi connectivity index (χ2n) is 3.47. The third-order valence-electron chi connectivity index (χ3n) is 2.41. The van der Waals surface area contributed by atoms with Crippen molar-refractivity contribution in [3.8, 4) is 0 Å². The van der Waals surface area contributed by atoms with Crippen LogP contribution in [0.1, 0.15) is 12.8 Å². The summed E-state index contributed by atoms with van der Waals surface area (Å²) in [5.41, 5.74) is 5.29. The molecule has 0 spiro atoms. The Balaban J connectivity index is 2.42. The summed E-state index contributed by atoms with van der Waals surface area (Å²) in [7, 11) is 0. The molecule has 2 N–H and O–H groups in total. The monoisotopic (exact) mass is 196 g/mol. The first kappa shape index (κ1) is 10.8. The number of likely N-dealkylation sites (tertiary alicyclic amines) is 1. The highest BCUT2D eigenvalue weighted by Crippen LogP contribution is 2.32. The molecule has 0 saturated carbocycles. The highest BCUT2D eigenvalue weighted by atomic mass is 19.4. The van der Waals surface area contributed by atoms with Gasteiger partial charge in [0.1, 0.15) is 0 Å². The van der Waals surface area contributed by atoms with Gasteiger partial charge >= 0.3 is 6.18 Å². The zero-order chi connectivity index (χ0) is 9.90. The molecule has 0 aromatic heterocycles. The molecule has 5 heteroatoms. The molecule has 0 aromatic rings. The molecule has 0 aliphatic carbocycles. The molecule has 1 aliphatic rings. The summed E-state index contributed by atoms with van der Waals surface area (Å²) < 4.78 is 36.9. The van der Waals surface area contributed by atoms with E-state index in [4.69, 9.17) is 5.73 Å². The van der Waals surface area contributed by atoms with Gasteiger partial charge in [0, 0.05) is 19.6 Å². The minimum Gasteiger partial charge on any atom is -0.329 e. The summed E-state index contributed by atoms with van der Waals surface area (Å²) in [4.78, 5) is 1.79. The highest BCUT2D eigenvalue weighted by molar-refractivity contribution is 4.77. The van der Waals surface area contributed by atoms with Crippen molar-refractivity contribution in [1.82, 2.24) is 4.90 Å². The van der Waals surface area contributed by atoms with E-state index in [2.05, 4.69) is 0 Å². The Labute approximate surface area is 75.9 Å². The standard InChI is InChI=1S/C8H15F3N2/c9-8(10,11)7-2-1-4-13(6-7)5-3-12/h7H,1-6,12H2. The van der Waals surface area contributed by atoms with Gasteiger partial charge in [0.05, 0.1) is 5.92 Å². The maximum absolute atomic E-state index is 12.3. The second kappa shape index (κ2) is 4.28. The number of hydrogen-bond donors (Lipinski definition) is 1. The van der Waals surface area contributed by atoms with E-state index >= 15 is 0 Å². The Bertz CT molecular complexity index is 156. The van der Waals surface area contributed by atoms with Crippen LogP contribution in [0.25, 0.3) is 0 Å². The van der Waals surface area contributed by atoms with Gasteiger partial charge in [0.15, 0.2) is 0 Å². The number of nitrogens with two attached hydrogens (primary N) is 1. The van der Waals surface area contributed by atoms with E-state index in [0.29, 0.717) is 19.5 Å². The predicted molar refractivity (Wildman–Crippen MR) is 44.3 cm³/mol. The largest absolute Gasteiger partial charge is 0.393 e. The Morgan fingerprint density at radius 3 is 2.62 bits per heavy atom. The normalized spacial score (nSPS) is 26.3. The van der Waals surface area contributed by atoms with Crippen molar-refractivity contribution in [3.05, 3.63) is 0 Å². The maximum atomic E-state index is 12.3. The zero-order valence-electron chi connectivity index (χ0n) is 7.48. The molecule has 1 atom stereocenters. The molecular weight excluding hydrogens is 181 g/mol. The summed E-state index contributed by atoms with van der Waals surface area (Å²) in [6.45, 7) is 1.89. The molecule has 13 heavy (non-hydrogen) atoms. The zero-order valence-corrected chi connectivity index (χ0v) is 7.48. The van der Waals surface area contributed by atoms with Crippen LogP contribution in [-0.4, -0.2) is 37.3 Å². The summed E-state index contributed by atoms with van der Waals surface area (Å²) >= 11 is 0. The fraction of sp³-hybridized carbons (Fsp3) is 1.00. The molecular formula is C8H15F3N2. The summed E-state index contributed by atoms with van der Waals surface area (Å²) in [6, 6.07) is 0. The van der Waals surface area contributed by atoms with E-state index in [-0.39, 0.29) is 13.0 Å². The van der Waals surface area contributed by atoms with Crippen LogP contribution in [0.3, 0.4) is 0 Å². The molecule has 0 radical (unpaired) electrons. The summed E-state index contributed by atoms with van der Waals surface area (Å²) in [5.74, 6) is -1.15. The summed E-state index contributed by atoms with van der Waals surface area (Å²) in [5, 5.41) is 0. The van der Waals surface area contributed by atoms with Gasteiger partial charge in [0.25, 0.3) is 0 Å². The molecule has 0 bridgehead atoms. The van der Waals surface area contributed by atoms with E-state index in [9.17, 15) is 13.2 Å². The second-order valence-corrected chi connectivity index (χ2v) is 3.47. The smallest absolute Gasteiger partial charge is 0.329 e. The first-order valence-electron chi connectivity index (χ1n) is 4.53. The lowest BCUT2D eigenvalue weighted by Crippen LogP contribution is -2.43. The maximum Gasteiger partial charge on any atom is 0.393 e. The number of hydrogen-bond acceptors (Lipinski definition) is 2. The van der Waals surface area contributed by atoms with Crippen LogP contribution in [0.4, 0.5) is 13.2 Å². The average Bonchev–Trinajstić information content (AvgIpc) is 2.04. The number of nitrogens with zero attached hydrogens (tertiary/aromatic N) is 1. The minimum absolute atomic E-state index is 0.126. The van der Waals surface area contributed by atoms with E-state index < -0.39 is 12.1 Å². The van der Waals surface area contributed by atoms with Gasteiger partial charge < -0.3 is 10.6 Å². The molecule has 1 saturated heterocycles. The van der Waals surface area contributed by atoms with E-state index in [1.54, 1.807) is 4.90 Å². The topological polar surface area (TPSA) is 29.3 Å². The average molecular weight is 196 g/mol. The molecule has 1 heterocycles. The minimum atomic E-state index is -4.03. The lowest BCUT2D eigenvalue weighted by molar-refractivity contribution is -0.186. The van der Waals surface area contributed by atoms with Gasteiger partial charge in [-0.3, -0.25) is 0 Å². The highest BCUT2D eigenvalue weighted by Gasteiger charge is 2.41. The van der Waals surface area contributed by atoms with Crippen LogP contribution in [0.5, 0.6) is 0 Å². The molecule has 0 amide bonds. The fourth-order valence-corrected chi connectivity index (χ4v) is 1.71. The van der Waals surface area contributed by atoms with E-state index in [1.807, 2.05) is 0 Å². The van der Waals surface area contributed by atoms with Crippen molar-refractivity contribution in [1.29, 1.82) is 0 Å². The Hall–Kier alpha value is -0.290. The van der Waals surface area contributed by atoms with Crippen LogP contribution in [0.2, 0.25) is 0 Å². The van der Waals surface area contributed by atoms with Crippen LogP contribution >= 0.6 is 0 Å². The molecule has 78 valence electrons. The van der Waals surface area contributed by atoms with Crippen LogP contribution in [0.15, 0.2) is 0 Å². The van der Waals surface area contributed by atoms with Gasteiger partial charge in [-0.1, -0.05) is 0 Å². The predicted octanol–water partition coefficient (Wildman–Crippen LogP) is 1.22. The molecule has 2 nitrogen and oxygen atoms in total. The molecule has 1 fully saturated rings. The van der Waals surface area contributed by atoms with Crippen LogP contribution in [-0.2, 0) is 0 Å². The Morgan fingerprint density at radius 2 is 2.08 bits per heavy atom. The molecule has 0 aromatic carbocycles. The van der Waals surface area contributed by atoms with Gasteiger partial charge in [-0.05, 0) is 19.4 Å². The first-order valence-corrected chi connectivity index (χ1v) is 4.53. The SMILES string of the molecule is NCCN1CCCC(C(F)(F)F)C1. The van der Waals surface area contributed by atoms with Crippen molar-refractivity contribution in [2.75, 3.05) is 26.2 Å². The fourth-order valence-electron chi connectivity index (χ4n) is 1.71. The van der Waals surface area contributed by atoms with Crippen LogP contribution in [0, 0.1) is 5.92 Å². The molecule has 1 unspecified atom stereocenters. The Morgan fingerprint density at radius 1 is 1.38 bits per heavy atom. The Kier molecular flexibility index (Phi) is 3.55. The number of halogens is 3. The van der Waals surface area contributed by atoms with Crippen molar-refractivity contribution in [3.63, 3.8) is 0 Å². The van der Waals surface area contributed by atoms with Crippen molar-refractivity contribution in [2.45, 2.75) is 19.0 Å². The van der Waals surface area contributed by atoms with Gasteiger partial charge in [0.2, 0.25) is 0 Å². The van der Waals surface area contributed by atoms with Gasteiger partial charge in [-0.25, -0.2) is 0 Å². The third-order valence-corrected chi connectivity index (χ3v) is 2.41. The van der Waals surface area contributed by atoms with Gasteiger partial charge in [-0.15, -0.1) is 0 Å². The number of alkyl halides is 3. The van der Waals surface area contributed by atoms with Crippen molar-refractivity contribution < 1.29 is 13.2 Å². The molecule has 1 rings (SSSR count). The lowest BCUT2D eigenvalue weighted by Gasteiger charge is -2.33. The van der Waals surface area contributed by atoms with E-state index in [1.165, 1.54) is 0 Å². The van der Waals surface area contributed by atoms with Crippen molar-refractivity contribution >= 4 is 0 Å². The number of rotatable bonds is 2. The third kappa shape index (κ3) is 3.15. The quantitative estimate of drug-likeness (QED) is 0.719. The molecule has 1 aliphatic heterocycles. The van der Waals surface area contributed by atoms with Crippen LogP contribution < -0.4 is 5.73 Å². The first-order chi connectivity index (χ1) is 6.04.